The van der Waals surface area contributed by atoms with Crippen molar-refractivity contribution in [3.05, 3.63) is 141 Å². The number of allylic oxidation sites excluding steroid dienone is 9. The van der Waals surface area contributed by atoms with Gasteiger partial charge in [0, 0.05) is 53.9 Å². The van der Waals surface area contributed by atoms with Crippen molar-refractivity contribution in [1.29, 1.82) is 0 Å². The minimum absolute atomic E-state index is 0.126. The van der Waals surface area contributed by atoms with E-state index in [1.165, 1.54) is 44.5 Å². The van der Waals surface area contributed by atoms with Crippen LogP contribution in [-0.4, -0.2) is 28.2 Å². The second-order valence-corrected chi connectivity index (χ2v) is 17.5. The van der Waals surface area contributed by atoms with E-state index in [-0.39, 0.29) is 10.8 Å². The van der Waals surface area contributed by atoms with Crippen molar-refractivity contribution in [1.82, 2.24) is 4.58 Å². The highest BCUT2D eigenvalue weighted by atomic mass is 16.5. The maximum Gasteiger partial charge on any atom is 0.203 e. The van der Waals surface area contributed by atoms with Gasteiger partial charge in [0.15, 0.2) is 0 Å². The Morgan fingerprint density at radius 1 is 0.759 bits per heavy atom. The van der Waals surface area contributed by atoms with Crippen molar-refractivity contribution in [3.8, 4) is 17.1 Å². The van der Waals surface area contributed by atoms with Gasteiger partial charge >= 0.3 is 0 Å². The Bertz CT molecular complexity index is 2230. The van der Waals surface area contributed by atoms with E-state index in [2.05, 4.69) is 184 Å². The molecule has 0 amide bonds. The summed E-state index contributed by atoms with van der Waals surface area (Å²) < 4.78 is 15.3. The first-order chi connectivity index (χ1) is 25.5. The molecule has 2 aromatic carbocycles. The van der Waals surface area contributed by atoms with Crippen molar-refractivity contribution in [2.75, 3.05) is 33.1 Å². The van der Waals surface area contributed by atoms with Gasteiger partial charge in [0.05, 0.1) is 6.07 Å². The van der Waals surface area contributed by atoms with Gasteiger partial charge in [0.25, 0.3) is 0 Å². The van der Waals surface area contributed by atoms with E-state index in [9.17, 15) is 0 Å². The summed E-state index contributed by atoms with van der Waals surface area (Å²) in [4.78, 5) is 2.13. The fourth-order valence-electron chi connectivity index (χ4n) is 7.30. The van der Waals surface area contributed by atoms with Crippen molar-refractivity contribution in [3.63, 3.8) is 0 Å². The number of nitrogens with zero attached hydrogens (tertiary/aromatic N) is 2. The molecule has 282 valence electrons. The van der Waals surface area contributed by atoms with Crippen molar-refractivity contribution >= 4 is 22.9 Å². The summed E-state index contributed by atoms with van der Waals surface area (Å²) in [5.74, 6) is 3.80. The Morgan fingerprint density at radius 3 is 2.09 bits per heavy atom. The van der Waals surface area contributed by atoms with Gasteiger partial charge in [0.1, 0.15) is 37.1 Å². The highest BCUT2D eigenvalue weighted by molar-refractivity contribution is 5.88. The van der Waals surface area contributed by atoms with Crippen molar-refractivity contribution in [2.45, 2.75) is 92.9 Å². The van der Waals surface area contributed by atoms with Crippen LogP contribution in [0.5, 0.6) is 5.75 Å². The Morgan fingerprint density at radius 2 is 1.46 bits per heavy atom. The lowest BCUT2D eigenvalue weighted by Gasteiger charge is -2.29. The topological polar surface area (TPSA) is 28.6 Å². The molecule has 0 aromatic heterocycles. The molecule has 0 unspecified atom stereocenters. The normalized spacial score (nSPS) is 16.6. The van der Waals surface area contributed by atoms with E-state index < -0.39 is 0 Å². The van der Waals surface area contributed by atoms with Crippen LogP contribution in [-0.2, 0) is 18.3 Å². The summed E-state index contributed by atoms with van der Waals surface area (Å²) in [5.41, 5.74) is 13.7. The van der Waals surface area contributed by atoms with Crippen LogP contribution in [0.15, 0.2) is 106 Å². The molecule has 4 nitrogen and oxygen atoms in total. The van der Waals surface area contributed by atoms with Gasteiger partial charge < -0.3 is 14.1 Å². The third kappa shape index (κ3) is 8.44. The van der Waals surface area contributed by atoms with Crippen LogP contribution in [0.3, 0.4) is 0 Å². The molecule has 0 saturated heterocycles. The molecule has 0 spiro atoms. The molecule has 0 fully saturated rings. The first-order valence-electron chi connectivity index (χ1n) is 19.8. The molecule has 0 saturated carbocycles. The molecule has 54 heavy (non-hydrogen) atoms. The molecular weight excluding hydrogens is 661 g/mol. The minimum atomic E-state index is -0.126. The third-order valence-corrected chi connectivity index (χ3v) is 10.7. The Balaban J connectivity index is 1.55. The molecular formula is C50H61N2O2+. The zero-order valence-electron chi connectivity index (χ0n) is 34.9. The number of aryl methyl sites for hydroxylation is 2. The monoisotopic (exact) mass is 721 g/mol. The second-order valence-electron chi connectivity index (χ2n) is 17.5. The standard InChI is InChI=1S/C50H61N2O2/c1-13-33-26-34(14-2)28-39(27-33)48-35(18-20-37-29-46(49(3,4)5)53-44-31-40(51(9)10)22-24-42(37)44)16-15-17-36(48)19-21-38-30-47(50(6,7)8)54-45-32-41(52(11)12)23-25-43(38)45/h18-32H,13-17H2,1-12H3/q+1. The number of fused-ring (bicyclic) bond motifs is 2. The molecule has 2 aliphatic carbocycles. The van der Waals surface area contributed by atoms with Crippen molar-refractivity contribution in [2.24, 2.45) is 5.41 Å². The van der Waals surface area contributed by atoms with Crippen LogP contribution in [0.2, 0.25) is 0 Å². The zero-order chi connectivity index (χ0) is 38.9. The summed E-state index contributed by atoms with van der Waals surface area (Å²) in [6.07, 6.45) is 16.9. The predicted octanol–water partition coefficient (Wildman–Crippen LogP) is 11.9. The van der Waals surface area contributed by atoms with Gasteiger partial charge in [-0.2, -0.15) is 0 Å². The van der Waals surface area contributed by atoms with Gasteiger partial charge in [-0.15, -0.1) is 0 Å². The first-order valence-corrected chi connectivity index (χ1v) is 19.8. The maximum atomic E-state index is 6.57. The summed E-state index contributed by atoms with van der Waals surface area (Å²) in [6.45, 7) is 17.8. The number of rotatable bonds is 7. The Hall–Kier alpha value is -4.83. The third-order valence-electron chi connectivity index (χ3n) is 10.7. The van der Waals surface area contributed by atoms with E-state index in [1.54, 1.807) is 0 Å². The Kier molecular flexibility index (Phi) is 11.2. The molecule has 4 heteroatoms. The van der Waals surface area contributed by atoms with Gasteiger partial charge in [-0.25, -0.2) is 4.58 Å². The smallest absolute Gasteiger partial charge is 0.203 e. The summed E-state index contributed by atoms with van der Waals surface area (Å²) in [5, 5.41) is 1.13. The molecule has 6 rings (SSSR count). The molecule has 0 atom stereocenters. The lowest BCUT2D eigenvalue weighted by Crippen LogP contribution is -2.21. The van der Waals surface area contributed by atoms with Crippen LogP contribution in [0.25, 0.3) is 28.5 Å². The highest BCUT2D eigenvalue weighted by Gasteiger charge is 2.27. The van der Waals surface area contributed by atoms with Gasteiger partial charge in [-0.1, -0.05) is 97.9 Å². The maximum absolute atomic E-state index is 6.57. The van der Waals surface area contributed by atoms with E-state index in [1.807, 2.05) is 0 Å². The average molecular weight is 722 g/mol. The minimum Gasteiger partial charge on any atom is -0.460 e. The average Bonchev–Trinajstić information content (AvgIpc) is 3.14. The fourth-order valence-corrected chi connectivity index (χ4v) is 7.30. The number of anilines is 1. The fraction of sp³-hybridized carbons (Fsp3) is 0.380. The number of hydrogen-bond acceptors (Lipinski definition) is 3. The van der Waals surface area contributed by atoms with Crippen LogP contribution in [0.4, 0.5) is 5.69 Å². The lowest BCUT2D eigenvalue weighted by atomic mass is 9.81. The van der Waals surface area contributed by atoms with E-state index in [4.69, 9.17) is 9.15 Å². The van der Waals surface area contributed by atoms with E-state index in [0.717, 1.165) is 77.3 Å². The van der Waals surface area contributed by atoms with Gasteiger partial charge in [0.2, 0.25) is 5.36 Å². The van der Waals surface area contributed by atoms with Crippen molar-refractivity contribution < 1.29 is 9.15 Å². The van der Waals surface area contributed by atoms with Crippen LogP contribution in [0.1, 0.15) is 108 Å². The largest absolute Gasteiger partial charge is 0.460 e. The Labute approximate surface area is 324 Å². The molecule has 2 aliphatic heterocycles. The SMILES string of the molecule is CCc1cc(CC)cc(C2=C(/C=C/c3cc(C(C)(C)C)oc4cc(=[N+](C)C)ccc3-4)CCC/C2=C\C=C2/C=C(C(C)(C)C)Oc3cc(N(C)C)ccc32)c1. The zero-order valence-corrected chi connectivity index (χ0v) is 34.9. The molecule has 4 aliphatic rings. The van der Waals surface area contributed by atoms with Crippen LogP contribution in [0, 0.1) is 5.41 Å². The highest BCUT2D eigenvalue weighted by Crippen LogP contribution is 2.43. The number of ether oxygens (including phenoxy) is 1. The quantitative estimate of drug-likeness (QED) is 0.178. The van der Waals surface area contributed by atoms with Crippen LogP contribution >= 0.6 is 0 Å². The molecule has 0 N–H and O–H groups in total. The first kappa shape index (κ1) is 38.9. The predicted molar refractivity (Wildman–Crippen MR) is 231 cm³/mol. The second kappa shape index (κ2) is 15.5. The van der Waals surface area contributed by atoms with Gasteiger partial charge in [-0.05, 0) is 107 Å². The molecule has 0 bridgehead atoms. The summed E-state index contributed by atoms with van der Waals surface area (Å²) >= 11 is 0. The molecule has 0 radical (unpaired) electrons. The lowest BCUT2D eigenvalue weighted by molar-refractivity contribution is 0.291. The summed E-state index contributed by atoms with van der Waals surface area (Å²) in [6, 6.07) is 22.6. The van der Waals surface area contributed by atoms with E-state index in [0.29, 0.717) is 0 Å². The number of benzene rings is 3. The van der Waals surface area contributed by atoms with Crippen LogP contribution < -0.4 is 19.6 Å². The molecule has 2 aromatic rings. The number of hydrogen-bond donors (Lipinski definition) is 0. The molecule has 2 heterocycles. The summed E-state index contributed by atoms with van der Waals surface area (Å²) in [7, 11) is 8.30. The van der Waals surface area contributed by atoms with Gasteiger partial charge in [-0.3, -0.25) is 0 Å². The van der Waals surface area contributed by atoms with E-state index >= 15 is 0 Å².